The van der Waals surface area contributed by atoms with Crippen molar-refractivity contribution < 1.29 is 8.78 Å². The molecular weight excluding hydrogens is 98.1 g/mol. The van der Waals surface area contributed by atoms with Crippen LogP contribution < -0.4 is 0 Å². The number of hydrogen-bond donors (Lipinski definition) is 0. The van der Waals surface area contributed by atoms with Crippen molar-refractivity contribution in [1.29, 1.82) is 0 Å². The molecule has 0 aromatic heterocycles. The van der Waals surface area contributed by atoms with Crippen molar-refractivity contribution in [3.8, 4) is 0 Å². The Hall–Kier alpha value is -0.140. The maximum Gasteiger partial charge on any atom is 0.310 e. The molecule has 0 atom stereocenters. The molecule has 43 valence electrons. The molecule has 0 N–H and O–H groups in total. The van der Waals surface area contributed by atoms with E-state index in [0.717, 1.165) is 6.42 Å². The van der Waals surface area contributed by atoms with Gasteiger partial charge in [0.05, 0.1) is 0 Å². The Morgan fingerprint density at radius 2 is 2.00 bits per heavy atom. The Balaban J connectivity index is 2.68. The van der Waals surface area contributed by atoms with E-state index in [4.69, 9.17) is 0 Å². The van der Waals surface area contributed by atoms with Crippen LogP contribution in [-0.2, 0) is 0 Å². The summed E-state index contributed by atoms with van der Waals surface area (Å²) in [6.45, 7) is 1.89. The first-order valence-electron chi connectivity index (χ1n) is 2.44. The van der Waals surface area contributed by atoms with E-state index in [1.54, 1.807) is 0 Å². The minimum absolute atomic E-state index is 0.0174. The van der Waals surface area contributed by atoms with Crippen molar-refractivity contribution in [2.24, 2.45) is 0 Å². The molecule has 0 amide bonds. The fraction of sp³-hybridized carbons (Fsp3) is 0.800. The minimum Gasteiger partial charge on any atom is -0.200 e. The van der Waals surface area contributed by atoms with Gasteiger partial charge in [0, 0.05) is 6.42 Å². The molecule has 0 aliphatic heterocycles. The van der Waals surface area contributed by atoms with Crippen LogP contribution in [0.3, 0.4) is 0 Å². The van der Waals surface area contributed by atoms with Gasteiger partial charge in [0.15, 0.2) is 0 Å². The van der Waals surface area contributed by atoms with Crippen LogP contribution in [0.15, 0.2) is 0 Å². The first-order valence-corrected chi connectivity index (χ1v) is 2.44. The molecule has 1 radical (unpaired) electrons. The number of unbranched alkanes of at least 4 members (excludes halogenated alkanes) is 1. The first kappa shape index (κ1) is 6.86. The second kappa shape index (κ2) is 4.03. The molecule has 0 saturated heterocycles. The summed E-state index contributed by atoms with van der Waals surface area (Å²) in [5, 5.41) is 0. The Bertz CT molecular complexity index is 35.1. The molecule has 0 rings (SSSR count). The quantitative estimate of drug-likeness (QED) is 0.520. The predicted octanol–water partition coefficient (Wildman–Crippen LogP) is 2.61. The standard InChI is InChI=1S/C5H9F2/c1-2-3-4-5(6)7/h2-4H2,1H3. The molecule has 0 saturated carbocycles. The van der Waals surface area contributed by atoms with E-state index in [2.05, 4.69) is 0 Å². The van der Waals surface area contributed by atoms with Crippen molar-refractivity contribution >= 4 is 0 Å². The zero-order valence-corrected chi connectivity index (χ0v) is 4.38. The van der Waals surface area contributed by atoms with Gasteiger partial charge in [-0.15, -0.1) is 0 Å². The smallest absolute Gasteiger partial charge is 0.200 e. The van der Waals surface area contributed by atoms with E-state index in [-0.39, 0.29) is 6.42 Å². The van der Waals surface area contributed by atoms with Crippen LogP contribution in [0.5, 0.6) is 0 Å². The molecule has 0 aliphatic carbocycles. The zero-order chi connectivity index (χ0) is 5.70. The number of rotatable bonds is 3. The van der Waals surface area contributed by atoms with Gasteiger partial charge in [0.1, 0.15) is 0 Å². The van der Waals surface area contributed by atoms with Crippen LogP contribution in [0.4, 0.5) is 8.78 Å². The van der Waals surface area contributed by atoms with E-state index in [0.29, 0.717) is 6.42 Å². The van der Waals surface area contributed by atoms with Crippen molar-refractivity contribution in [3.05, 3.63) is 6.43 Å². The largest absolute Gasteiger partial charge is 0.310 e. The maximum absolute atomic E-state index is 11.1. The molecule has 0 nitrogen and oxygen atoms in total. The van der Waals surface area contributed by atoms with Crippen LogP contribution in [0.1, 0.15) is 26.2 Å². The van der Waals surface area contributed by atoms with Crippen LogP contribution >= 0.6 is 0 Å². The van der Waals surface area contributed by atoms with Gasteiger partial charge in [-0.25, -0.2) is 0 Å². The highest BCUT2D eigenvalue weighted by molar-refractivity contribution is 4.56. The second-order valence-electron chi connectivity index (χ2n) is 1.44. The summed E-state index contributed by atoms with van der Waals surface area (Å²) in [4.78, 5) is 0. The normalized spacial score (nSPS) is 10.3. The molecule has 0 heterocycles. The van der Waals surface area contributed by atoms with Crippen molar-refractivity contribution in [3.63, 3.8) is 0 Å². The summed E-state index contributed by atoms with van der Waals surface area (Å²) in [6.07, 6.45) is -0.00208. The second-order valence-corrected chi connectivity index (χ2v) is 1.44. The molecule has 0 bridgehead atoms. The van der Waals surface area contributed by atoms with Crippen molar-refractivity contribution in [2.45, 2.75) is 26.2 Å². The Kier molecular flexibility index (Phi) is 3.95. The monoisotopic (exact) mass is 107 g/mol. The summed E-state index contributed by atoms with van der Waals surface area (Å²) in [7, 11) is 0. The van der Waals surface area contributed by atoms with Crippen LogP contribution in [0, 0.1) is 6.43 Å². The van der Waals surface area contributed by atoms with E-state index in [9.17, 15) is 8.78 Å². The van der Waals surface area contributed by atoms with Gasteiger partial charge in [0.2, 0.25) is 0 Å². The van der Waals surface area contributed by atoms with Gasteiger partial charge in [-0.1, -0.05) is 13.3 Å². The molecule has 0 aromatic carbocycles. The van der Waals surface area contributed by atoms with Gasteiger partial charge in [-0.05, 0) is 6.42 Å². The highest BCUT2D eigenvalue weighted by atomic mass is 19.3. The highest BCUT2D eigenvalue weighted by Gasteiger charge is 2.00. The van der Waals surface area contributed by atoms with E-state index < -0.39 is 6.43 Å². The summed E-state index contributed by atoms with van der Waals surface area (Å²) < 4.78 is 22.3. The van der Waals surface area contributed by atoms with Crippen LogP contribution in [0.2, 0.25) is 0 Å². The lowest BCUT2D eigenvalue weighted by Crippen LogP contribution is -1.77. The number of hydrogen-bond acceptors (Lipinski definition) is 0. The van der Waals surface area contributed by atoms with Gasteiger partial charge >= 0.3 is 6.43 Å². The lowest BCUT2D eigenvalue weighted by Gasteiger charge is -1.89. The Morgan fingerprint density at radius 1 is 1.43 bits per heavy atom. The molecule has 0 fully saturated rings. The number of halogens is 2. The van der Waals surface area contributed by atoms with Gasteiger partial charge in [-0.2, -0.15) is 8.78 Å². The third kappa shape index (κ3) is 5.86. The molecule has 7 heavy (non-hydrogen) atoms. The van der Waals surface area contributed by atoms with Crippen molar-refractivity contribution in [2.75, 3.05) is 0 Å². The van der Waals surface area contributed by atoms with Gasteiger partial charge in [-0.3, -0.25) is 0 Å². The Labute approximate surface area is 42.5 Å². The topological polar surface area (TPSA) is 0 Å². The summed E-state index contributed by atoms with van der Waals surface area (Å²) in [5.74, 6) is 0. The lowest BCUT2D eigenvalue weighted by atomic mass is 10.3. The lowest BCUT2D eigenvalue weighted by molar-refractivity contribution is 0.265. The summed E-state index contributed by atoms with van der Waals surface area (Å²) in [6, 6.07) is 0. The van der Waals surface area contributed by atoms with Gasteiger partial charge in [0.25, 0.3) is 0 Å². The summed E-state index contributed by atoms with van der Waals surface area (Å²) in [5.41, 5.74) is 0. The van der Waals surface area contributed by atoms with E-state index in [1.807, 2.05) is 6.92 Å². The predicted molar refractivity (Wildman–Crippen MR) is 25.0 cm³/mol. The summed E-state index contributed by atoms with van der Waals surface area (Å²) >= 11 is 0. The third-order valence-electron chi connectivity index (χ3n) is 0.719. The molecule has 0 spiro atoms. The molecule has 0 aliphatic rings. The molecule has 0 aromatic rings. The maximum atomic E-state index is 11.1. The third-order valence-corrected chi connectivity index (χ3v) is 0.719. The van der Waals surface area contributed by atoms with Crippen LogP contribution in [-0.4, -0.2) is 0 Å². The average Bonchev–Trinajstić information content (AvgIpc) is 1.61. The van der Waals surface area contributed by atoms with Crippen LogP contribution in [0.25, 0.3) is 0 Å². The van der Waals surface area contributed by atoms with Gasteiger partial charge < -0.3 is 0 Å². The molecule has 2 heteroatoms. The average molecular weight is 107 g/mol. The van der Waals surface area contributed by atoms with E-state index >= 15 is 0 Å². The fourth-order valence-electron chi connectivity index (χ4n) is 0.310. The van der Waals surface area contributed by atoms with Crippen molar-refractivity contribution in [1.82, 2.24) is 0 Å². The zero-order valence-electron chi connectivity index (χ0n) is 4.38. The Morgan fingerprint density at radius 3 is 2.14 bits per heavy atom. The first-order chi connectivity index (χ1) is 3.27. The minimum atomic E-state index is -1.44. The fourth-order valence-corrected chi connectivity index (χ4v) is 0.310. The molecule has 0 unspecified atom stereocenters. The van der Waals surface area contributed by atoms with E-state index in [1.165, 1.54) is 0 Å². The highest BCUT2D eigenvalue weighted by Crippen LogP contribution is 2.11. The SMILES string of the molecule is CCCC[C](F)F. The molecular formula is C5H9F2.